The minimum atomic E-state index is -0.841. The van der Waals surface area contributed by atoms with Gasteiger partial charge in [-0.2, -0.15) is 0 Å². The van der Waals surface area contributed by atoms with Gasteiger partial charge in [-0.25, -0.2) is 0 Å². The van der Waals surface area contributed by atoms with Crippen LogP contribution in [0.2, 0.25) is 0 Å². The maximum atomic E-state index is 12.1. The molecule has 18 heavy (non-hydrogen) atoms. The molecule has 0 unspecified atom stereocenters. The molecule has 0 aliphatic heterocycles. The molecule has 1 N–H and O–H groups in total. The summed E-state index contributed by atoms with van der Waals surface area (Å²) in [6, 6.07) is 0. The lowest BCUT2D eigenvalue weighted by Gasteiger charge is -2.27. The molecule has 0 aromatic carbocycles. The average Bonchev–Trinajstić information content (AvgIpc) is 2.67. The Morgan fingerprint density at radius 1 is 1.22 bits per heavy atom. The Balaban J connectivity index is 2.40. The van der Waals surface area contributed by atoms with Gasteiger partial charge in [0, 0.05) is 20.0 Å². The van der Waals surface area contributed by atoms with Crippen molar-refractivity contribution >= 4 is 11.9 Å². The largest absolute Gasteiger partial charge is 0.481 e. The van der Waals surface area contributed by atoms with E-state index in [1.807, 2.05) is 20.9 Å². The molecule has 4 heteroatoms. The van der Waals surface area contributed by atoms with Crippen molar-refractivity contribution in [3.63, 3.8) is 0 Å². The highest BCUT2D eigenvalue weighted by atomic mass is 16.4. The number of nitrogens with zero attached hydrogens (tertiary/aromatic N) is 1. The van der Waals surface area contributed by atoms with Gasteiger partial charge in [-0.05, 0) is 24.2 Å². The van der Waals surface area contributed by atoms with E-state index in [2.05, 4.69) is 0 Å². The lowest BCUT2D eigenvalue weighted by atomic mass is 9.85. The molecule has 1 aliphatic rings. The van der Waals surface area contributed by atoms with E-state index in [1.54, 1.807) is 4.90 Å². The summed E-state index contributed by atoms with van der Waals surface area (Å²) in [5.74, 6) is -0.138. The van der Waals surface area contributed by atoms with Crippen LogP contribution < -0.4 is 0 Å². The molecule has 0 aromatic rings. The number of rotatable bonds is 6. The molecule has 4 nitrogen and oxygen atoms in total. The van der Waals surface area contributed by atoms with Crippen molar-refractivity contribution in [1.29, 1.82) is 0 Å². The molecule has 0 aromatic heterocycles. The zero-order valence-corrected chi connectivity index (χ0v) is 11.7. The number of carboxylic acid groups (broad SMARTS) is 1. The zero-order chi connectivity index (χ0) is 13.8. The molecule has 1 fully saturated rings. The fraction of sp³-hybridized carbons (Fsp3) is 0.857. The van der Waals surface area contributed by atoms with E-state index in [-0.39, 0.29) is 12.3 Å². The topological polar surface area (TPSA) is 57.6 Å². The lowest BCUT2D eigenvalue weighted by Crippen LogP contribution is -2.34. The van der Waals surface area contributed by atoms with E-state index in [0.29, 0.717) is 12.3 Å². The van der Waals surface area contributed by atoms with Gasteiger partial charge in [0.15, 0.2) is 0 Å². The van der Waals surface area contributed by atoms with Crippen molar-refractivity contribution in [2.75, 3.05) is 13.6 Å². The summed E-state index contributed by atoms with van der Waals surface area (Å²) in [6.45, 7) is 4.49. The van der Waals surface area contributed by atoms with E-state index in [9.17, 15) is 9.59 Å². The highest BCUT2D eigenvalue weighted by Crippen LogP contribution is 2.28. The van der Waals surface area contributed by atoms with Crippen LogP contribution in [0.5, 0.6) is 0 Å². The summed E-state index contributed by atoms with van der Waals surface area (Å²) in [5, 5.41) is 8.81. The van der Waals surface area contributed by atoms with Crippen LogP contribution in [0.3, 0.4) is 0 Å². The van der Waals surface area contributed by atoms with Gasteiger partial charge >= 0.3 is 5.97 Å². The van der Waals surface area contributed by atoms with Crippen LogP contribution in [0.15, 0.2) is 0 Å². The molecule has 0 radical (unpaired) electrons. The van der Waals surface area contributed by atoms with Crippen molar-refractivity contribution in [3.05, 3.63) is 0 Å². The minimum absolute atomic E-state index is 0.0377. The number of hydrogen-bond donors (Lipinski definition) is 1. The van der Waals surface area contributed by atoms with Crippen LogP contribution in [-0.4, -0.2) is 35.5 Å². The van der Waals surface area contributed by atoms with Gasteiger partial charge in [0.25, 0.3) is 0 Å². The highest BCUT2D eigenvalue weighted by Gasteiger charge is 2.27. The third-order valence-electron chi connectivity index (χ3n) is 3.69. The summed E-state index contributed by atoms with van der Waals surface area (Å²) in [5.41, 5.74) is -0.465. The quantitative estimate of drug-likeness (QED) is 0.793. The van der Waals surface area contributed by atoms with Gasteiger partial charge in [-0.1, -0.05) is 26.7 Å². The van der Waals surface area contributed by atoms with Crippen molar-refractivity contribution in [2.24, 2.45) is 11.3 Å². The standard InChI is InChI=1S/C14H25NO3/c1-14(2,9-13(17)18)8-12(16)15(3)10-11-6-4-5-7-11/h11H,4-10H2,1-3H3,(H,17,18). The number of carbonyl (C=O) groups excluding carboxylic acids is 1. The van der Waals surface area contributed by atoms with Crippen molar-refractivity contribution in [1.82, 2.24) is 4.90 Å². The minimum Gasteiger partial charge on any atom is -0.481 e. The van der Waals surface area contributed by atoms with E-state index in [1.165, 1.54) is 25.7 Å². The Morgan fingerprint density at radius 2 is 1.78 bits per heavy atom. The average molecular weight is 255 g/mol. The molecule has 0 heterocycles. The Labute approximate surface area is 109 Å². The van der Waals surface area contributed by atoms with Gasteiger partial charge in [-0.15, -0.1) is 0 Å². The van der Waals surface area contributed by atoms with Gasteiger partial charge in [-0.3, -0.25) is 9.59 Å². The van der Waals surface area contributed by atoms with Gasteiger partial charge in [0.1, 0.15) is 0 Å². The van der Waals surface area contributed by atoms with E-state index >= 15 is 0 Å². The van der Waals surface area contributed by atoms with E-state index < -0.39 is 11.4 Å². The van der Waals surface area contributed by atoms with Crippen LogP contribution >= 0.6 is 0 Å². The fourth-order valence-electron chi connectivity index (χ4n) is 2.70. The monoisotopic (exact) mass is 255 g/mol. The van der Waals surface area contributed by atoms with Gasteiger partial charge < -0.3 is 10.0 Å². The zero-order valence-electron chi connectivity index (χ0n) is 11.7. The molecule has 0 bridgehead atoms. The molecule has 1 aliphatic carbocycles. The lowest BCUT2D eigenvalue weighted by molar-refractivity contribution is -0.140. The molecule has 0 saturated heterocycles. The Kier molecular flexibility index (Phi) is 5.17. The van der Waals surface area contributed by atoms with Crippen LogP contribution in [0, 0.1) is 11.3 Å². The number of hydrogen-bond acceptors (Lipinski definition) is 2. The smallest absolute Gasteiger partial charge is 0.303 e. The number of carbonyl (C=O) groups is 2. The Morgan fingerprint density at radius 3 is 2.28 bits per heavy atom. The summed E-state index contributed by atoms with van der Waals surface area (Å²) < 4.78 is 0. The predicted molar refractivity (Wildman–Crippen MR) is 70.2 cm³/mol. The normalized spacial score (nSPS) is 16.8. The Hall–Kier alpha value is -1.06. The first-order valence-corrected chi connectivity index (χ1v) is 6.76. The highest BCUT2D eigenvalue weighted by molar-refractivity contribution is 5.77. The number of amides is 1. The summed E-state index contributed by atoms with van der Waals surface area (Å²) in [4.78, 5) is 24.6. The number of carboxylic acids is 1. The molecule has 0 atom stereocenters. The molecular weight excluding hydrogens is 230 g/mol. The van der Waals surface area contributed by atoms with Crippen molar-refractivity contribution < 1.29 is 14.7 Å². The first kappa shape index (κ1) is 15.0. The second-order valence-electron chi connectivity index (χ2n) is 6.34. The second-order valence-corrected chi connectivity index (χ2v) is 6.34. The Bertz CT molecular complexity index is 306. The van der Waals surface area contributed by atoms with Gasteiger partial charge in [0.2, 0.25) is 5.91 Å². The van der Waals surface area contributed by atoms with Crippen LogP contribution in [0.25, 0.3) is 0 Å². The fourth-order valence-corrected chi connectivity index (χ4v) is 2.70. The summed E-state index contributed by atoms with van der Waals surface area (Å²) in [6.07, 6.45) is 5.33. The second kappa shape index (κ2) is 6.21. The first-order valence-electron chi connectivity index (χ1n) is 6.76. The number of aliphatic carboxylic acids is 1. The molecule has 1 saturated carbocycles. The van der Waals surface area contributed by atoms with Crippen LogP contribution in [0.4, 0.5) is 0 Å². The third-order valence-corrected chi connectivity index (χ3v) is 3.69. The predicted octanol–water partition coefficient (Wildman–Crippen LogP) is 2.53. The molecule has 104 valence electrons. The summed E-state index contributed by atoms with van der Waals surface area (Å²) >= 11 is 0. The van der Waals surface area contributed by atoms with Gasteiger partial charge in [0.05, 0.1) is 6.42 Å². The van der Waals surface area contributed by atoms with Crippen molar-refractivity contribution in [3.8, 4) is 0 Å². The van der Waals surface area contributed by atoms with E-state index in [0.717, 1.165) is 6.54 Å². The maximum absolute atomic E-state index is 12.1. The van der Waals surface area contributed by atoms with Crippen LogP contribution in [-0.2, 0) is 9.59 Å². The van der Waals surface area contributed by atoms with Crippen molar-refractivity contribution in [2.45, 2.75) is 52.4 Å². The molecule has 1 amide bonds. The van der Waals surface area contributed by atoms with E-state index in [4.69, 9.17) is 5.11 Å². The van der Waals surface area contributed by atoms with Crippen LogP contribution in [0.1, 0.15) is 52.4 Å². The molecular formula is C14H25NO3. The first-order chi connectivity index (χ1) is 8.30. The summed E-state index contributed by atoms with van der Waals surface area (Å²) in [7, 11) is 1.83. The maximum Gasteiger partial charge on any atom is 0.303 e. The molecule has 0 spiro atoms. The molecule has 1 rings (SSSR count). The SMILES string of the molecule is CN(CC1CCCC1)C(=O)CC(C)(C)CC(=O)O. The third kappa shape index (κ3) is 5.07.